The minimum Gasteiger partial charge on any atom is -0.494 e. The first kappa shape index (κ1) is 15.3. The van der Waals surface area contributed by atoms with Crippen LogP contribution in [0.4, 0.5) is 5.82 Å². The minimum absolute atomic E-state index is 0.187. The number of nitrogens with one attached hydrogen (secondary N) is 1. The lowest BCUT2D eigenvalue weighted by Gasteiger charge is -2.11. The van der Waals surface area contributed by atoms with Crippen molar-refractivity contribution in [3.8, 4) is 5.75 Å². The van der Waals surface area contributed by atoms with Crippen LogP contribution in [0.1, 0.15) is 18.1 Å². The Kier molecular flexibility index (Phi) is 4.47. The minimum atomic E-state index is -3.65. The Bertz CT molecular complexity index is 742. The zero-order valence-electron chi connectivity index (χ0n) is 12.3. The van der Waals surface area contributed by atoms with Gasteiger partial charge in [0, 0.05) is 6.20 Å². The Morgan fingerprint density at radius 1 is 1.19 bits per heavy atom. The number of rotatable bonds is 5. The SMILES string of the molecule is CCOc1ccc(S(=O)(=O)Nc2cc(C)ccn2)cc1C. The average Bonchev–Trinajstić information content (AvgIpc) is 2.40. The number of hydrogen-bond donors (Lipinski definition) is 1. The van der Waals surface area contributed by atoms with E-state index in [0.717, 1.165) is 11.1 Å². The monoisotopic (exact) mass is 306 g/mol. The zero-order valence-corrected chi connectivity index (χ0v) is 13.1. The first-order chi connectivity index (χ1) is 9.92. The second-order valence-corrected chi connectivity index (χ2v) is 6.37. The molecule has 0 unspecified atom stereocenters. The first-order valence-corrected chi connectivity index (χ1v) is 8.09. The Balaban J connectivity index is 2.29. The number of aromatic nitrogens is 1. The number of aryl methyl sites for hydroxylation is 2. The van der Waals surface area contributed by atoms with E-state index in [9.17, 15) is 8.42 Å². The van der Waals surface area contributed by atoms with Crippen molar-refractivity contribution in [3.63, 3.8) is 0 Å². The summed E-state index contributed by atoms with van der Waals surface area (Å²) in [6.07, 6.45) is 1.57. The van der Waals surface area contributed by atoms with Gasteiger partial charge >= 0.3 is 0 Å². The molecule has 1 heterocycles. The fourth-order valence-electron chi connectivity index (χ4n) is 1.90. The summed E-state index contributed by atoms with van der Waals surface area (Å²) in [4.78, 5) is 4.19. The van der Waals surface area contributed by atoms with Crippen LogP contribution in [0.5, 0.6) is 5.75 Å². The van der Waals surface area contributed by atoms with Crippen LogP contribution in [0.25, 0.3) is 0 Å². The molecule has 0 spiro atoms. The van der Waals surface area contributed by atoms with E-state index in [1.807, 2.05) is 20.8 Å². The number of anilines is 1. The van der Waals surface area contributed by atoms with Crippen LogP contribution in [-0.4, -0.2) is 20.0 Å². The number of pyridine rings is 1. The summed E-state index contributed by atoms with van der Waals surface area (Å²) < 4.78 is 32.6. The summed E-state index contributed by atoms with van der Waals surface area (Å²) in [6.45, 7) is 6.11. The summed E-state index contributed by atoms with van der Waals surface area (Å²) in [7, 11) is -3.65. The second-order valence-electron chi connectivity index (χ2n) is 4.68. The van der Waals surface area contributed by atoms with E-state index < -0.39 is 10.0 Å². The maximum absolute atomic E-state index is 12.3. The molecule has 0 fully saturated rings. The smallest absolute Gasteiger partial charge is 0.263 e. The van der Waals surface area contributed by atoms with Crippen LogP contribution in [0.3, 0.4) is 0 Å². The molecule has 112 valence electrons. The standard InChI is InChI=1S/C15H18N2O3S/c1-4-20-14-6-5-13(10-12(14)3)21(18,19)17-15-9-11(2)7-8-16-15/h5-10H,4H2,1-3H3,(H,16,17). The van der Waals surface area contributed by atoms with Gasteiger partial charge in [0.2, 0.25) is 0 Å². The Labute approximate surface area is 125 Å². The molecule has 0 radical (unpaired) electrons. The summed E-state index contributed by atoms with van der Waals surface area (Å²) in [5.74, 6) is 0.992. The van der Waals surface area contributed by atoms with Gasteiger partial charge in [0.15, 0.2) is 0 Å². The third-order valence-corrected chi connectivity index (χ3v) is 4.26. The molecule has 2 rings (SSSR count). The lowest BCUT2D eigenvalue weighted by atomic mass is 10.2. The molecule has 0 saturated carbocycles. The predicted molar refractivity (Wildman–Crippen MR) is 82.1 cm³/mol. The normalized spacial score (nSPS) is 11.2. The van der Waals surface area contributed by atoms with Crippen LogP contribution < -0.4 is 9.46 Å². The van der Waals surface area contributed by atoms with Gasteiger partial charge in [-0.15, -0.1) is 0 Å². The Morgan fingerprint density at radius 3 is 2.57 bits per heavy atom. The molecule has 1 aromatic carbocycles. The molecule has 21 heavy (non-hydrogen) atoms. The fraction of sp³-hybridized carbons (Fsp3) is 0.267. The number of sulfonamides is 1. The van der Waals surface area contributed by atoms with Gasteiger partial charge in [0.25, 0.3) is 10.0 Å². The van der Waals surface area contributed by atoms with E-state index in [2.05, 4.69) is 9.71 Å². The molecule has 0 bridgehead atoms. The molecular formula is C15H18N2O3S. The van der Waals surface area contributed by atoms with Gasteiger partial charge in [-0.3, -0.25) is 4.72 Å². The summed E-state index contributed by atoms with van der Waals surface area (Å²) >= 11 is 0. The van der Waals surface area contributed by atoms with E-state index in [4.69, 9.17) is 4.74 Å². The van der Waals surface area contributed by atoms with Crippen molar-refractivity contribution in [2.75, 3.05) is 11.3 Å². The van der Waals surface area contributed by atoms with Gasteiger partial charge in [0.1, 0.15) is 11.6 Å². The molecule has 0 amide bonds. The summed E-state index contributed by atoms with van der Waals surface area (Å²) in [5, 5.41) is 0. The van der Waals surface area contributed by atoms with Crippen molar-refractivity contribution in [1.82, 2.24) is 4.98 Å². The summed E-state index contributed by atoms with van der Waals surface area (Å²) in [6, 6.07) is 8.26. The number of ether oxygens (including phenoxy) is 1. The summed E-state index contributed by atoms with van der Waals surface area (Å²) in [5.41, 5.74) is 1.71. The zero-order chi connectivity index (χ0) is 15.5. The number of nitrogens with zero attached hydrogens (tertiary/aromatic N) is 1. The molecule has 0 aliphatic carbocycles. The van der Waals surface area contributed by atoms with Crippen LogP contribution in [0.2, 0.25) is 0 Å². The Hall–Kier alpha value is -2.08. The molecule has 0 saturated heterocycles. The van der Waals surface area contributed by atoms with Gasteiger partial charge in [0.05, 0.1) is 11.5 Å². The molecular weight excluding hydrogens is 288 g/mol. The van der Waals surface area contributed by atoms with Crippen LogP contribution in [0, 0.1) is 13.8 Å². The van der Waals surface area contributed by atoms with Gasteiger partial charge in [-0.05, 0) is 62.2 Å². The van der Waals surface area contributed by atoms with Gasteiger partial charge in [-0.25, -0.2) is 13.4 Å². The maximum atomic E-state index is 12.3. The van der Waals surface area contributed by atoms with Crippen LogP contribution in [-0.2, 0) is 10.0 Å². The van der Waals surface area contributed by atoms with E-state index in [1.165, 1.54) is 6.07 Å². The lowest BCUT2D eigenvalue weighted by molar-refractivity contribution is 0.337. The average molecular weight is 306 g/mol. The number of benzene rings is 1. The van der Waals surface area contributed by atoms with Gasteiger partial charge in [-0.2, -0.15) is 0 Å². The highest BCUT2D eigenvalue weighted by Gasteiger charge is 2.16. The molecule has 6 heteroatoms. The largest absolute Gasteiger partial charge is 0.494 e. The predicted octanol–water partition coefficient (Wildman–Crippen LogP) is 2.90. The topological polar surface area (TPSA) is 68.3 Å². The van der Waals surface area contributed by atoms with Crippen molar-refractivity contribution in [1.29, 1.82) is 0 Å². The second kappa shape index (κ2) is 6.13. The van der Waals surface area contributed by atoms with Gasteiger partial charge < -0.3 is 4.74 Å². The molecule has 1 aromatic heterocycles. The van der Waals surface area contributed by atoms with Crippen molar-refractivity contribution < 1.29 is 13.2 Å². The molecule has 5 nitrogen and oxygen atoms in total. The fourth-order valence-corrected chi connectivity index (χ4v) is 2.98. The highest BCUT2D eigenvalue weighted by molar-refractivity contribution is 7.92. The maximum Gasteiger partial charge on any atom is 0.263 e. The molecule has 2 aromatic rings. The van der Waals surface area contributed by atoms with E-state index >= 15 is 0 Å². The number of hydrogen-bond acceptors (Lipinski definition) is 4. The first-order valence-electron chi connectivity index (χ1n) is 6.61. The van der Waals surface area contributed by atoms with E-state index in [-0.39, 0.29) is 4.90 Å². The Morgan fingerprint density at radius 2 is 1.95 bits per heavy atom. The molecule has 0 aliphatic heterocycles. The quantitative estimate of drug-likeness (QED) is 0.922. The van der Waals surface area contributed by atoms with Crippen molar-refractivity contribution in [2.45, 2.75) is 25.7 Å². The lowest BCUT2D eigenvalue weighted by Crippen LogP contribution is -2.14. The molecule has 0 aliphatic rings. The van der Waals surface area contributed by atoms with Gasteiger partial charge in [-0.1, -0.05) is 0 Å². The highest BCUT2D eigenvalue weighted by Crippen LogP contribution is 2.23. The van der Waals surface area contributed by atoms with Crippen LogP contribution in [0.15, 0.2) is 41.4 Å². The third kappa shape index (κ3) is 3.72. The van der Waals surface area contributed by atoms with Crippen molar-refractivity contribution in [3.05, 3.63) is 47.7 Å². The molecule has 0 atom stereocenters. The third-order valence-electron chi connectivity index (χ3n) is 2.91. The van der Waals surface area contributed by atoms with E-state index in [1.54, 1.807) is 30.5 Å². The highest BCUT2D eigenvalue weighted by atomic mass is 32.2. The van der Waals surface area contributed by atoms with Crippen molar-refractivity contribution in [2.24, 2.45) is 0 Å². The van der Waals surface area contributed by atoms with Crippen LogP contribution >= 0.6 is 0 Å². The van der Waals surface area contributed by atoms with E-state index in [0.29, 0.717) is 18.2 Å². The molecule has 1 N–H and O–H groups in total. The van der Waals surface area contributed by atoms with Crippen molar-refractivity contribution >= 4 is 15.8 Å².